The van der Waals surface area contributed by atoms with Gasteiger partial charge in [0.25, 0.3) is 0 Å². The summed E-state index contributed by atoms with van der Waals surface area (Å²) in [5.74, 6) is -0.971. The summed E-state index contributed by atoms with van der Waals surface area (Å²) >= 11 is 0. The Hall–Kier alpha value is -3.41. The molecule has 0 heterocycles. The SMILES string of the molecule is CC/C=C\C/C=C\C/C=C\C/C=C\CCCCC(=O)OC[C@@H](COC(=O)CCCCCCC/C=C\CCCCC)OC(=O)CCCCCCC/C=C\C/C=C\CCCCC. The van der Waals surface area contributed by atoms with Crippen LogP contribution in [0.3, 0.4) is 0 Å². The fraction of sp³-hybridized carbons (Fsp3) is 0.685. The molecule has 0 saturated heterocycles. The second-order valence-corrected chi connectivity index (χ2v) is 16.0. The van der Waals surface area contributed by atoms with Crippen LogP contribution in [0.2, 0.25) is 0 Å². The molecule has 60 heavy (non-hydrogen) atoms. The number of carbonyl (C=O) groups excluding carboxylic acids is 3. The zero-order valence-electron chi connectivity index (χ0n) is 38.9. The Bertz CT molecular complexity index is 1190. The molecule has 0 radical (unpaired) electrons. The van der Waals surface area contributed by atoms with Gasteiger partial charge in [-0.1, -0.05) is 170 Å². The van der Waals surface area contributed by atoms with Crippen LogP contribution in [-0.2, 0) is 28.6 Å². The Morgan fingerprint density at radius 2 is 0.650 bits per heavy atom. The molecule has 0 spiro atoms. The van der Waals surface area contributed by atoms with Crippen LogP contribution in [0.15, 0.2) is 85.1 Å². The molecule has 0 bridgehead atoms. The Morgan fingerprint density at radius 1 is 0.350 bits per heavy atom. The smallest absolute Gasteiger partial charge is 0.306 e. The topological polar surface area (TPSA) is 78.9 Å². The van der Waals surface area contributed by atoms with Crippen molar-refractivity contribution in [1.29, 1.82) is 0 Å². The Balaban J connectivity index is 4.50. The molecule has 0 rings (SSSR count). The van der Waals surface area contributed by atoms with Gasteiger partial charge < -0.3 is 14.2 Å². The van der Waals surface area contributed by atoms with Gasteiger partial charge in [0.15, 0.2) is 6.10 Å². The Kier molecular flexibility index (Phi) is 45.5. The van der Waals surface area contributed by atoms with E-state index in [0.717, 1.165) is 122 Å². The van der Waals surface area contributed by atoms with Crippen molar-refractivity contribution in [2.24, 2.45) is 0 Å². The van der Waals surface area contributed by atoms with Crippen molar-refractivity contribution in [3.63, 3.8) is 0 Å². The molecule has 0 amide bonds. The first-order chi connectivity index (χ1) is 29.5. The second kappa shape index (κ2) is 48.3. The summed E-state index contributed by atoms with van der Waals surface area (Å²) in [6.07, 6.45) is 61.3. The van der Waals surface area contributed by atoms with Crippen molar-refractivity contribution in [3.05, 3.63) is 85.1 Å². The van der Waals surface area contributed by atoms with Crippen molar-refractivity contribution in [2.45, 2.75) is 226 Å². The maximum absolute atomic E-state index is 12.8. The minimum atomic E-state index is -0.803. The number of rotatable bonds is 43. The molecule has 0 aliphatic rings. The van der Waals surface area contributed by atoms with Crippen LogP contribution in [0.5, 0.6) is 0 Å². The van der Waals surface area contributed by atoms with E-state index in [-0.39, 0.29) is 31.1 Å². The second-order valence-electron chi connectivity index (χ2n) is 16.0. The molecular formula is C54H90O6. The van der Waals surface area contributed by atoms with E-state index in [1.807, 2.05) is 0 Å². The van der Waals surface area contributed by atoms with Gasteiger partial charge in [-0.05, 0) is 116 Å². The van der Waals surface area contributed by atoms with Gasteiger partial charge >= 0.3 is 17.9 Å². The van der Waals surface area contributed by atoms with Crippen molar-refractivity contribution >= 4 is 17.9 Å². The van der Waals surface area contributed by atoms with E-state index in [1.165, 1.54) is 57.8 Å². The van der Waals surface area contributed by atoms with Crippen LogP contribution in [0.4, 0.5) is 0 Å². The fourth-order valence-electron chi connectivity index (χ4n) is 6.40. The molecule has 0 N–H and O–H groups in total. The number of hydrogen-bond donors (Lipinski definition) is 0. The highest BCUT2D eigenvalue weighted by Crippen LogP contribution is 2.12. The summed E-state index contributed by atoms with van der Waals surface area (Å²) in [5.41, 5.74) is 0. The van der Waals surface area contributed by atoms with E-state index in [4.69, 9.17) is 14.2 Å². The summed E-state index contributed by atoms with van der Waals surface area (Å²) in [6, 6.07) is 0. The van der Waals surface area contributed by atoms with E-state index in [0.29, 0.717) is 19.3 Å². The molecule has 0 unspecified atom stereocenters. The normalized spacial score (nSPS) is 12.8. The zero-order chi connectivity index (χ0) is 43.7. The number of esters is 3. The molecule has 6 nitrogen and oxygen atoms in total. The molecule has 0 saturated carbocycles. The Labute approximate surface area is 369 Å². The number of carbonyl (C=O) groups is 3. The van der Waals surface area contributed by atoms with E-state index >= 15 is 0 Å². The third kappa shape index (κ3) is 45.7. The van der Waals surface area contributed by atoms with Gasteiger partial charge in [-0.15, -0.1) is 0 Å². The number of unbranched alkanes of at least 4 members (excludes halogenated alkanes) is 18. The molecule has 0 aliphatic heterocycles. The highest BCUT2D eigenvalue weighted by molar-refractivity contribution is 5.71. The maximum Gasteiger partial charge on any atom is 0.306 e. The summed E-state index contributed by atoms with van der Waals surface area (Å²) in [6.45, 7) is 6.40. The van der Waals surface area contributed by atoms with Crippen molar-refractivity contribution in [2.75, 3.05) is 13.2 Å². The monoisotopic (exact) mass is 835 g/mol. The van der Waals surface area contributed by atoms with Crippen molar-refractivity contribution in [3.8, 4) is 0 Å². The lowest BCUT2D eigenvalue weighted by Crippen LogP contribution is -2.30. The third-order valence-corrected chi connectivity index (χ3v) is 10.1. The molecule has 1 atom stereocenters. The maximum atomic E-state index is 12.8. The standard InChI is InChI=1S/C54H90O6/c1-4-7-10-13-16-19-22-25-27-29-32-35-38-41-44-47-53(56)59-50-51(49-58-52(55)46-43-40-37-34-31-24-21-18-15-12-9-6-3)60-54(57)48-45-42-39-36-33-30-28-26-23-20-17-14-11-8-5-2/h7,10,16-21,25-28,32,35,51H,4-6,8-9,11-15,22-24,29-31,33-34,36-50H2,1-3H3/b10-7-,19-16-,20-17-,21-18-,27-25-,28-26-,35-32-/t51-/m1/s1. The summed E-state index contributed by atoms with van der Waals surface area (Å²) < 4.78 is 16.7. The van der Waals surface area contributed by atoms with Gasteiger partial charge in [0, 0.05) is 19.3 Å². The molecular weight excluding hydrogens is 745 g/mol. The van der Waals surface area contributed by atoms with Gasteiger partial charge in [0.2, 0.25) is 0 Å². The Morgan fingerprint density at radius 3 is 1.07 bits per heavy atom. The average molecular weight is 835 g/mol. The largest absolute Gasteiger partial charge is 0.462 e. The highest BCUT2D eigenvalue weighted by atomic mass is 16.6. The number of allylic oxidation sites excluding steroid dienone is 14. The van der Waals surface area contributed by atoms with E-state index in [2.05, 4.69) is 106 Å². The van der Waals surface area contributed by atoms with Crippen LogP contribution in [-0.4, -0.2) is 37.2 Å². The first kappa shape index (κ1) is 56.6. The molecule has 0 aliphatic carbocycles. The third-order valence-electron chi connectivity index (χ3n) is 10.1. The van der Waals surface area contributed by atoms with Crippen LogP contribution in [0, 0.1) is 0 Å². The molecule has 0 aromatic carbocycles. The van der Waals surface area contributed by atoms with Crippen molar-refractivity contribution < 1.29 is 28.6 Å². The lowest BCUT2D eigenvalue weighted by atomic mass is 10.1. The van der Waals surface area contributed by atoms with Gasteiger partial charge in [0.1, 0.15) is 13.2 Å². The van der Waals surface area contributed by atoms with Crippen LogP contribution < -0.4 is 0 Å². The summed E-state index contributed by atoms with van der Waals surface area (Å²) in [7, 11) is 0. The number of ether oxygens (including phenoxy) is 3. The van der Waals surface area contributed by atoms with E-state index in [1.54, 1.807) is 0 Å². The molecule has 0 fully saturated rings. The van der Waals surface area contributed by atoms with Gasteiger partial charge in [-0.3, -0.25) is 14.4 Å². The lowest BCUT2D eigenvalue weighted by Gasteiger charge is -2.18. The first-order valence-electron chi connectivity index (χ1n) is 24.6. The van der Waals surface area contributed by atoms with Crippen LogP contribution in [0.1, 0.15) is 220 Å². The predicted octanol–water partition coefficient (Wildman–Crippen LogP) is 16.0. The van der Waals surface area contributed by atoms with Gasteiger partial charge in [-0.2, -0.15) is 0 Å². The minimum absolute atomic E-state index is 0.101. The van der Waals surface area contributed by atoms with E-state index < -0.39 is 6.10 Å². The van der Waals surface area contributed by atoms with Gasteiger partial charge in [-0.25, -0.2) is 0 Å². The summed E-state index contributed by atoms with van der Waals surface area (Å²) in [5, 5.41) is 0. The molecule has 342 valence electrons. The summed E-state index contributed by atoms with van der Waals surface area (Å²) in [4.78, 5) is 37.9. The minimum Gasteiger partial charge on any atom is -0.462 e. The van der Waals surface area contributed by atoms with E-state index in [9.17, 15) is 14.4 Å². The highest BCUT2D eigenvalue weighted by Gasteiger charge is 2.19. The van der Waals surface area contributed by atoms with Crippen LogP contribution in [0.25, 0.3) is 0 Å². The predicted molar refractivity (Wildman–Crippen MR) is 256 cm³/mol. The van der Waals surface area contributed by atoms with Gasteiger partial charge in [0.05, 0.1) is 0 Å². The zero-order valence-corrected chi connectivity index (χ0v) is 38.9. The number of hydrogen-bond acceptors (Lipinski definition) is 6. The quantitative estimate of drug-likeness (QED) is 0.0263. The fourth-order valence-corrected chi connectivity index (χ4v) is 6.40. The lowest BCUT2D eigenvalue weighted by molar-refractivity contribution is -0.167. The average Bonchev–Trinajstić information content (AvgIpc) is 3.24. The molecule has 6 heteroatoms. The first-order valence-corrected chi connectivity index (χ1v) is 24.6. The molecule has 0 aromatic rings. The van der Waals surface area contributed by atoms with Crippen molar-refractivity contribution in [1.82, 2.24) is 0 Å². The van der Waals surface area contributed by atoms with Crippen LogP contribution >= 0.6 is 0 Å². The molecule has 0 aromatic heterocycles.